The van der Waals surface area contributed by atoms with Crippen LogP contribution < -0.4 is 5.32 Å². The molecule has 2 aliphatic heterocycles. The maximum Gasteiger partial charge on any atom is 0.242 e. The van der Waals surface area contributed by atoms with Gasteiger partial charge < -0.3 is 15.0 Å². The van der Waals surface area contributed by atoms with Gasteiger partial charge in [-0.2, -0.15) is 0 Å². The van der Waals surface area contributed by atoms with Crippen molar-refractivity contribution in [1.82, 2.24) is 10.2 Å². The summed E-state index contributed by atoms with van der Waals surface area (Å²) >= 11 is 0. The van der Waals surface area contributed by atoms with Crippen LogP contribution in [0.4, 0.5) is 0 Å². The van der Waals surface area contributed by atoms with Gasteiger partial charge in [-0.05, 0) is 46.1 Å². The van der Waals surface area contributed by atoms with E-state index in [2.05, 4.69) is 12.2 Å². The van der Waals surface area contributed by atoms with E-state index in [9.17, 15) is 4.79 Å². The van der Waals surface area contributed by atoms with Crippen LogP contribution in [0.25, 0.3) is 0 Å². The van der Waals surface area contributed by atoms with Crippen molar-refractivity contribution in [1.29, 1.82) is 0 Å². The van der Waals surface area contributed by atoms with Crippen molar-refractivity contribution in [3.8, 4) is 0 Å². The zero-order valence-electron chi connectivity index (χ0n) is 11.2. The quantitative estimate of drug-likeness (QED) is 0.787. The lowest BCUT2D eigenvalue weighted by Gasteiger charge is -2.42. The van der Waals surface area contributed by atoms with Gasteiger partial charge in [0.2, 0.25) is 5.91 Å². The van der Waals surface area contributed by atoms with Gasteiger partial charge in [-0.25, -0.2) is 0 Å². The van der Waals surface area contributed by atoms with Crippen molar-refractivity contribution in [2.45, 2.75) is 50.7 Å². The molecule has 0 bridgehead atoms. The highest BCUT2D eigenvalue weighted by atomic mass is 16.5. The van der Waals surface area contributed by atoms with Gasteiger partial charge in [-0.15, -0.1) is 0 Å². The monoisotopic (exact) mass is 240 g/mol. The largest absolute Gasteiger partial charge is 0.377 e. The molecule has 2 saturated heterocycles. The van der Waals surface area contributed by atoms with Crippen molar-refractivity contribution in [2.75, 3.05) is 26.7 Å². The minimum atomic E-state index is -0.341. The summed E-state index contributed by atoms with van der Waals surface area (Å²) in [5.41, 5.74) is -0.505. The van der Waals surface area contributed by atoms with Gasteiger partial charge in [0.1, 0.15) is 0 Å². The third-order valence-corrected chi connectivity index (χ3v) is 4.28. The molecule has 2 unspecified atom stereocenters. The summed E-state index contributed by atoms with van der Waals surface area (Å²) in [5, 5.41) is 3.34. The second-order valence-corrected chi connectivity index (χ2v) is 5.85. The molecule has 4 nitrogen and oxygen atoms in total. The number of amides is 1. The first-order chi connectivity index (χ1) is 7.99. The molecule has 17 heavy (non-hydrogen) atoms. The van der Waals surface area contributed by atoms with Crippen LogP contribution in [0.2, 0.25) is 0 Å². The van der Waals surface area contributed by atoms with Crippen LogP contribution in [-0.2, 0) is 9.53 Å². The number of rotatable bonds is 2. The molecule has 98 valence electrons. The fraction of sp³-hybridized carbons (Fsp3) is 0.923. The van der Waals surface area contributed by atoms with Gasteiger partial charge in [0, 0.05) is 20.2 Å². The Balaban J connectivity index is 2.04. The normalized spacial score (nSPS) is 38.4. The van der Waals surface area contributed by atoms with Crippen LogP contribution in [0, 0.1) is 0 Å². The molecule has 0 aromatic rings. The van der Waals surface area contributed by atoms with Crippen molar-refractivity contribution < 1.29 is 9.53 Å². The number of carbonyl (C=O) groups excluding carboxylic acids is 1. The van der Waals surface area contributed by atoms with E-state index in [0.717, 1.165) is 45.3 Å². The third kappa shape index (κ3) is 2.47. The highest BCUT2D eigenvalue weighted by Crippen LogP contribution is 2.28. The van der Waals surface area contributed by atoms with Crippen LogP contribution in [0.15, 0.2) is 0 Å². The lowest BCUT2D eigenvalue weighted by Crippen LogP contribution is -2.58. The summed E-state index contributed by atoms with van der Waals surface area (Å²) in [5.74, 6) is 0.248. The second kappa shape index (κ2) is 4.58. The second-order valence-electron chi connectivity index (χ2n) is 5.85. The standard InChI is InChI=1S/C13H24N2O2/c1-12(17-3)6-5-9-15(10-12)11(16)13(2)7-4-8-14-13/h14H,4-10H2,1-3H3. The maximum absolute atomic E-state index is 12.5. The zero-order valence-corrected chi connectivity index (χ0v) is 11.2. The average molecular weight is 240 g/mol. The fourth-order valence-electron chi connectivity index (χ4n) is 2.97. The third-order valence-electron chi connectivity index (χ3n) is 4.28. The highest BCUT2D eigenvalue weighted by Gasteiger charge is 2.42. The molecule has 1 N–H and O–H groups in total. The van der Waals surface area contributed by atoms with E-state index in [1.54, 1.807) is 7.11 Å². The smallest absolute Gasteiger partial charge is 0.242 e. The predicted octanol–water partition coefficient (Wildman–Crippen LogP) is 1.16. The first-order valence-corrected chi connectivity index (χ1v) is 6.59. The molecule has 0 aromatic heterocycles. The maximum atomic E-state index is 12.5. The molecule has 1 amide bonds. The van der Waals surface area contributed by atoms with Gasteiger partial charge >= 0.3 is 0 Å². The van der Waals surface area contributed by atoms with Crippen molar-refractivity contribution in [3.63, 3.8) is 0 Å². The molecule has 0 aliphatic carbocycles. The first-order valence-electron chi connectivity index (χ1n) is 6.59. The van der Waals surface area contributed by atoms with Crippen LogP contribution in [0.1, 0.15) is 39.5 Å². The molecule has 2 aliphatic rings. The van der Waals surface area contributed by atoms with Gasteiger partial charge in [0.25, 0.3) is 0 Å². The van der Waals surface area contributed by atoms with Gasteiger partial charge in [0.15, 0.2) is 0 Å². The van der Waals surface area contributed by atoms with Gasteiger partial charge in [-0.1, -0.05) is 0 Å². The Morgan fingerprint density at radius 1 is 1.29 bits per heavy atom. The summed E-state index contributed by atoms with van der Waals surface area (Å²) in [6.45, 7) is 6.67. The Morgan fingerprint density at radius 2 is 2.06 bits per heavy atom. The van der Waals surface area contributed by atoms with E-state index in [1.165, 1.54) is 0 Å². The van der Waals surface area contributed by atoms with E-state index in [4.69, 9.17) is 4.74 Å². The van der Waals surface area contributed by atoms with E-state index in [1.807, 2.05) is 11.8 Å². The molecule has 2 rings (SSSR count). The summed E-state index contributed by atoms with van der Waals surface area (Å²) in [6, 6.07) is 0. The van der Waals surface area contributed by atoms with E-state index >= 15 is 0 Å². The Morgan fingerprint density at radius 3 is 2.65 bits per heavy atom. The highest BCUT2D eigenvalue weighted by molar-refractivity contribution is 5.86. The molecule has 0 saturated carbocycles. The fourth-order valence-corrected chi connectivity index (χ4v) is 2.97. The Bertz CT molecular complexity index is 300. The molecule has 4 heteroatoms. The summed E-state index contributed by atoms with van der Waals surface area (Å²) in [4.78, 5) is 14.5. The number of ether oxygens (including phenoxy) is 1. The number of hydrogen-bond acceptors (Lipinski definition) is 3. The van der Waals surface area contributed by atoms with Crippen molar-refractivity contribution >= 4 is 5.91 Å². The van der Waals surface area contributed by atoms with Crippen LogP contribution in [-0.4, -0.2) is 48.7 Å². The van der Waals surface area contributed by atoms with Gasteiger partial charge in [0.05, 0.1) is 11.1 Å². The average Bonchev–Trinajstić information content (AvgIpc) is 2.76. The lowest BCUT2D eigenvalue weighted by atomic mass is 9.91. The summed E-state index contributed by atoms with van der Waals surface area (Å²) in [7, 11) is 1.74. The molecular formula is C13H24N2O2. The SMILES string of the molecule is COC1(C)CCCN(C(=O)C2(C)CCCN2)C1. The number of hydrogen-bond donors (Lipinski definition) is 1. The number of nitrogens with zero attached hydrogens (tertiary/aromatic N) is 1. The van der Waals surface area contributed by atoms with E-state index < -0.39 is 0 Å². The van der Waals surface area contributed by atoms with Crippen LogP contribution in [0.3, 0.4) is 0 Å². The topological polar surface area (TPSA) is 41.6 Å². The minimum Gasteiger partial charge on any atom is -0.377 e. The molecule has 2 heterocycles. The number of carbonyl (C=O) groups is 1. The first kappa shape index (κ1) is 12.8. The molecule has 2 atom stereocenters. The molecule has 0 radical (unpaired) electrons. The van der Waals surface area contributed by atoms with E-state index in [0.29, 0.717) is 0 Å². The van der Waals surface area contributed by atoms with Crippen molar-refractivity contribution in [2.24, 2.45) is 0 Å². The predicted molar refractivity (Wildman–Crippen MR) is 66.9 cm³/mol. The van der Waals surface area contributed by atoms with Gasteiger partial charge in [-0.3, -0.25) is 4.79 Å². The van der Waals surface area contributed by atoms with Crippen LogP contribution in [0.5, 0.6) is 0 Å². The summed E-state index contributed by atoms with van der Waals surface area (Å²) in [6.07, 6.45) is 4.12. The zero-order chi connectivity index (χ0) is 12.5. The number of nitrogens with one attached hydrogen (secondary N) is 1. The number of piperidine rings is 1. The molecular weight excluding hydrogens is 216 g/mol. The molecule has 0 spiro atoms. The molecule has 0 aromatic carbocycles. The van der Waals surface area contributed by atoms with E-state index in [-0.39, 0.29) is 17.0 Å². The molecule has 2 fully saturated rings. The Hall–Kier alpha value is -0.610. The minimum absolute atomic E-state index is 0.164. The van der Waals surface area contributed by atoms with Crippen LogP contribution >= 0.6 is 0 Å². The summed E-state index contributed by atoms with van der Waals surface area (Å²) < 4.78 is 5.54. The lowest BCUT2D eigenvalue weighted by molar-refractivity contribution is -0.145. The number of methoxy groups -OCH3 is 1. The van der Waals surface area contributed by atoms with Crippen molar-refractivity contribution in [3.05, 3.63) is 0 Å². The Kier molecular flexibility index (Phi) is 3.46. The Labute approximate surface area is 104 Å². The number of likely N-dealkylation sites (tertiary alicyclic amines) is 1.